The first-order valence-corrected chi connectivity index (χ1v) is 7.62. The smallest absolute Gasteiger partial charge is 0.229 e. The van der Waals surface area contributed by atoms with Gasteiger partial charge in [-0.3, -0.25) is 4.79 Å². The van der Waals surface area contributed by atoms with Crippen LogP contribution in [-0.4, -0.2) is 25.6 Å². The van der Waals surface area contributed by atoms with Crippen molar-refractivity contribution < 1.29 is 9.53 Å². The Labute approximate surface area is 130 Å². The van der Waals surface area contributed by atoms with Gasteiger partial charge in [-0.15, -0.1) is 0 Å². The van der Waals surface area contributed by atoms with Crippen LogP contribution in [0.2, 0.25) is 0 Å². The fourth-order valence-corrected chi connectivity index (χ4v) is 2.59. The molecule has 1 aliphatic rings. The van der Waals surface area contributed by atoms with Crippen molar-refractivity contribution in [2.75, 3.05) is 25.0 Å². The minimum absolute atomic E-state index is 0.0343. The van der Waals surface area contributed by atoms with Crippen molar-refractivity contribution in [2.24, 2.45) is 0 Å². The molecule has 0 aromatic heterocycles. The van der Waals surface area contributed by atoms with Crippen LogP contribution in [0.5, 0.6) is 5.75 Å². The Balaban J connectivity index is 1.39. The summed E-state index contributed by atoms with van der Waals surface area (Å²) in [5.41, 5.74) is 3.18. The van der Waals surface area contributed by atoms with Crippen LogP contribution >= 0.6 is 0 Å². The number of anilines is 1. The van der Waals surface area contributed by atoms with Crippen molar-refractivity contribution in [1.82, 2.24) is 5.32 Å². The number of benzene rings is 2. The van der Waals surface area contributed by atoms with Crippen molar-refractivity contribution >= 4 is 11.6 Å². The van der Waals surface area contributed by atoms with Gasteiger partial charge < -0.3 is 15.4 Å². The second kappa shape index (κ2) is 7.09. The topological polar surface area (TPSA) is 50.4 Å². The summed E-state index contributed by atoms with van der Waals surface area (Å²) in [7, 11) is 0. The molecule has 1 amide bonds. The van der Waals surface area contributed by atoms with E-state index in [-0.39, 0.29) is 5.91 Å². The Morgan fingerprint density at radius 1 is 1.05 bits per heavy atom. The Kier molecular flexibility index (Phi) is 4.71. The summed E-state index contributed by atoms with van der Waals surface area (Å²) in [4.78, 5) is 11.4. The molecule has 0 spiro atoms. The lowest BCUT2D eigenvalue weighted by molar-refractivity contribution is -0.115. The van der Waals surface area contributed by atoms with Gasteiger partial charge in [-0.05, 0) is 30.7 Å². The molecular weight excluding hydrogens is 276 g/mol. The van der Waals surface area contributed by atoms with Crippen molar-refractivity contribution in [3.05, 3.63) is 59.7 Å². The molecule has 0 radical (unpaired) electrons. The van der Waals surface area contributed by atoms with E-state index < -0.39 is 0 Å². The van der Waals surface area contributed by atoms with Crippen LogP contribution in [0, 0.1) is 0 Å². The summed E-state index contributed by atoms with van der Waals surface area (Å²) in [6, 6.07) is 16.2. The van der Waals surface area contributed by atoms with E-state index >= 15 is 0 Å². The molecule has 3 rings (SSSR count). The van der Waals surface area contributed by atoms with Crippen LogP contribution in [-0.2, 0) is 17.6 Å². The van der Waals surface area contributed by atoms with Crippen LogP contribution in [0.15, 0.2) is 48.5 Å². The first-order valence-electron chi connectivity index (χ1n) is 7.62. The van der Waals surface area contributed by atoms with E-state index in [2.05, 4.69) is 34.9 Å². The number of hydrogen-bond donors (Lipinski definition) is 2. The third-order valence-electron chi connectivity index (χ3n) is 3.71. The van der Waals surface area contributed by atoms with Crippen LogP contribution in [0.4, 0.5) is 5.69 Å². The fraction of sp³-hybridized carbons (Fsp3) is 0.278. The molecule has 114 valence electrons. The zero-order chi connectivity index (χ0) is 15.2. The van der Waals surface area contributed by atoms with E-state index in [1.165, 1.54) is 5.56 Å². The first-order chi connectivity index (χ1) is 10.8. The first kappa shape index (κ1) is 14.6. The minimum Gasteiger partial charge on any atom is -0.492 e. The average molecular weight is 296 g/mol. The molecule has 1 aliphatic heterocycles. The zero-order valence-corrected chi connectivity index (χ0v) is 12.5. The molecule has 0 unspecified atom stereocenters. The minimum atomic E-state index is 0.0343. The van der Waals surface area contributed by atoms with Gasteiger partial charge in [-0.2, -0.15) is 0 Å². The van der Waals surface area contributed by atoms with Crippen LogP contribution in [0.3, 0.4) is 0 Å². The number of carbonyl (C=O) groups is 1. The van der Waals surface area contributed by atoms with Crippen LogP contribution in [0.25, 0.3) is 0 Å². The van der Waals surface area contributed by atoms with Crippen LogP contribution in [0.1, 0.15) is 11.1 Å². The number of carbonyl (C=O) groups excluding carboxylic acids is 1. The van der Waals surface area contributed by atoms with Crippen molar-refractivity contribution in [2.45, 2.75) is 12.8 Å². The van der Waals surface area contributed by atoms with E-state index in [0.29, 0.717) is 13.0 Å². The Morgan fingerprint density at radius 2 is 1.91 bits per heavy atom. The number of fused-ring (bicyclic) bond motifs is 1. The molecule has 4 nitrogen and oxygen atoms in total. The van der Waals surface area contributed by atoms with E-state index in [1.54, 1.807) is 0 Å². The zero-order valence-electron chi connectivity index (χ0n) is 12.5. The molecule has 0 aliphatic carbocycles. The standard InChI is InChI=1S/C18H20N2O2/c21-18-13-15-16(20-18)7-4-8-17(15)22-12-11-19-10-9-14-5-2-1-3-6-14/h1-8,19H,9-13H2,(H,20,21). The molecule has 1 heterocycles. The Hall–Kier alpha value is -2.33. The number of ether oxygens (including phenoxy) is 1. The number of rotatable bonds is 7. The number of amides is 1. The SMILES string of the molecule is O=C1Cc2c(cccc2OCCNCCc2ccccc2)N1. The lowest BCUT2D eigenvalue weighted by Gasteiger charge is -2.10. The molecule has 0 saturated carbocycles. The summed E-state index contributed by atoms with van der Waals surface area (Å²) in [6.07, 6.45) is 1.42. The van der Waals surface area contributed by atoms with Gasteiger partial charge in [0.15, 0.2) is 0 Å². The lowest BCUT2D eigenvalue weighted by atomic mass is 10.1. The van der Waals surface area contributed by atoms with Crippen molar-refractivity contribution in [3.8, 4) is 5.75 Å². The van der Waals surface area contributed by atoms with Gasteiger partial charge in [0.25, 0.3) is 0 Å². The van der Waals surface area contributed by atoms with Crippen molar-refractivity contribution in [3.63, 3.8) is 0 Å². The highest BCUT2D eigenvalue weighted by Gasteiger charge is 2.20. The molecule has 0 saturated heterocycles. The molecule has 2 aromatic carbocycles. The van der Waals surface area contributed by atoms with E-state index in [9.17, 15) is 4.79 Å². The van der Waals surface area contributed by atoms with Gasteiger partial charge in [0.2, 0.25) is 5.91 Å². The molecule has 2 N–H and O–H groups in total. The molecular formula is C18H20N2O2. The maximum atomic E-state index is 11.4. The summed E-state index contributed by atoms with van der Waals surface area (Å²) in [5, 5.41) is 6.21. The molecule has 2 aromatic rings. The highest BCUT2D eigenvalue weighted by atomic mass is 16.5. The summed E-state index contributed by atoms with van der Waals surface area (Å²) in [6.45, 7) is 2.32. The molecule has 0 fully saturated rings. The van der Waals surface area contributed by atoms with Crippen molar-refractivity contribution in [1.29, 1.82) is 0 Å². The maximum Gasteiger partial charge on any atom is 0.229 e. The average Bonchev–Trinajstić information content (AvgIpc) is 2.92. The fourth-order valence-electron chi connectivity index (χ4n) is 2.59. The number of hydrogen-bond acceptors (Lipinski definition) is 3. The van der Waals surface area contributed by atoms with Gasteiger partial charge >= 0.3 is 0 Å². The highest BCUT2D eigenvalue weighted by Crippen LogP contribution is 2.31. The predicted molar refractivity (Wildman–Crippen MR) is 87.3 cm³/mol. The lowest BCUT2D eigenvalue weighted by Crippen LogP contribution is -2.23. The maximum absolute atomic E-state index is 11.4. The molecule has 0 bridgehead atoms. The molecule has 0 atom stereocenters. The van der Waals surface area contributed by atoms with Gasteiger partial charge in [0.05, 0.1) is 6.42 Å². The second-order valence-electron chi connectivity index (χ2n) is 5.34. The Morgan fingerprint density at radius 3 is 2.77 bits per heavy atom. The van der Waals surface area contributed by atoms with E-state index in [0.717, 1.165) is 36.5 Å². The summed E-state index contributed by atoms with van der Waals surface area (Å²) < 4.78 is 5.79. The summed E-state index contributed by atoms with van der Waals surface area (Å²) >= 11 is 0. The van der Waals surface area contributed by atoms with E-state index in [4.69, 9.17) is 4.74 Å². The van der Waals surface area contributed by atoms with Crippen LogP contribution < -0.4 is 15.4 Å². The quantitative estimate of drug-likeness (QED) is 0.771. The van der Waals surface area contributed by atoms with Gasteiger partial charge in [0.1, 0.15) is 12.4 Å². The Bertz CT molecular complexity index is 641. The van der Waals surface area contributed by atoms with Gasteiger partial charge in [-0.1, -0.05) is 36.4 Å². The van der Waals surface area contributed by atoms with Gasteiger partial charge in [-0.25, -0.2) is 0 Å². The summed E-state index contributed by atoms with van der Waals surface area (Å²) in [5.74, 6) is 0.841. The normalized spacial score (nSPS) is 12.8. The predicted octanol–water partition coefficient (Wildman–Crippen LogP) is 2.39. The molecule has 22 heavy (non-hydrogen) atoms. The second-order valence-corrected chi connectivity index (χ2v) is 5.34. The monoisotopic (exact) mass is 296 g/mol. The third kappa shape index (κ3) is 3.65. The van der Waals surface area contributed by atoms with E-state index in [1.807, 2.05) is 24.3 Å². The highest BCUT2D eigenvalue weighted by molar-refractivity contribution is 6.00. The largest absolute Gasteiger partial charge is 0.492 e. The molecule has 4 heteroatoms. The number of nitrogens with one attached hydrogen (secondary N) is 2. The third-order valence-corrected chi connectivity index (χ3v) is 3.71. The van der Waals surface area contributed by atoms with Gasteiger partial charge in [0, 0.05) is 17.8 Å².